The van der Waals surface area contributed by atoms with E-state index in [1.54, 1.807) is 13.8 Å². The van der Waals surface area contributed by atoms with Crippen LogP contribution in [-0.2, 0) is 25.7 Å². The van der Waals surface area contributed by atoms with Gasteiger partial charge < -0.3 is 19.2 Å². The van der Waals surface area contributed by atoms with Gasteiger partial charge in [0.1, 0.15) is 12.4 Å². The summed E-state index contributed by atoms with van der Waals surface area (Å²) in [5, 5.41) is 0.907. The first-order valence-electron chi connectivity index (χ1n) is 11.8. The molecule has 0 aliphatic carbocycles. The van der Waals surface area contributed by atoms with Gasteiger partial charge in [0.05, 0.1) is 8.95 Å². The fourth-order valence-electron chi connectivity index (χ4n) is 4.64. The second-order valence-electron chi connectivity index (χ2n) is 9.57. The van der Waals surface area contributed by atoms with E-state index >= 15 is 0 Å². The smallest absolute Gasteiger partial charge is 0.324 e. The Bertz CT molecular complexity index is 1450. The highest BCUT2D eigenvalue weighted by Gasteiger charge is 2.48. The molecule has 1 N–H and O–H groups in total. The Labute approximate surface area is 231 Å². The van der Waals surface area contributed by atoms with Gasteiger partial charge >= 0.3 is 11.9 Å². The number of aromatic amines is 1. The van der Waals surface area contributed by atoms with Gasteiger partial charge in [0, 0.05) is 36.9 Å². The summed E-state index contributed by atoms with van der Waals surface area (Å²) >= 11 is 7.28. The normalized spacial score (nSPS) is 16.4. The van der Waals surface area contributed by atoms with E-state index in [4.69, 9.17) is 14.2 Å². The van der Waals surface area contributed by atoms with Gasteiger partial charge in [0.25, 0.3) is 5.79 Å². The molecule has 1 aromatic heterocycles. The number of rotatable bonds is 6. The Morgan fingerprint density at radius 3 is 2.24 bits per heavy atom. The van der Waals surface area contributed by atoms with Gasteiger partial charge in [-0.1, -0.05) is 48.0 Å². The lowest BCUT2D eigenvalue weighted by molar-refractivity contribution is -0.240. The average Bonchev–Trinajstić information content (AvgIpc) is 3.25. The molecular weight excluding hydrogens is 602 g/mol. The molecule has 0 spiro atoms. The van der Waals surface area contributed by atoms with Gasteiger partial charge in [0.2, 0.25) is 0 Å². The number of hydrogen-bond donors (Lipinski definition) is 1. The highest BCUT2D eigenvalue weighted by Crippen LogP contribution is 2.44. The van der Waals surface area contributed by atoms with Crippen LogP contribution in [0.25, 0.3) is 10.9 Å². The summed E-state index contributed by atoms with van der Waals surface area (Å²) in [6, 6.07) is 19.7. The number of benzene rings is 3. The second kappa shape index (κ2) is 9.99. The zero-order valence-corrected chi connectivity index (χ0v) is 23.7. The van der Waals surface area contributed by atoms with E-state index in [0.29, 0.717) is 21.3 Å². The summed E-state index contributed by atoms with van der Waals surface area (Å²) in [5.74, 6) is -3.77. The molecule has 1 fully saturated rings. The number of para-hydroxylation sites is 1. The van der Waals surface area contributed by atoms with Gasteiger partial charge in [-0.15, -0.1) is 0 Å². The number of carbonyl (C=O) groups excluding carboxylic acids is 2. The van der Waals surface area contributed by atoms with E-state index in [-0.39, 0.29) is 0 Å². The highest BCUT2D eigenvalue weighted by atomic mass is 79.9. The highest BCUT2D eigenvalue weighted by molar-refractivity contribution is 9.11. The number of H-pyrrole nitrogens is 1. The fraction of sp³-hybridized carbons (Fsp3) is 0.241. The minimum atomic E-state index is -1.32. The van der Waals surface area contributed by atoms with Gasteiger partial charge in [-0.05, 0) is 73.7 Å². The van der Waals surface area contributed by atoms with E-state index in [1.807, 2.05) is 73.8 Å². The van der Waals surface area contributed by atoms with Gasteiger partial charge in [0.15, 0.2) is 5.92 Å². The van der Waals surface area contributed by atoms with Crippen molar-refractivity contribution < 1.29 is 23.8 Å². The van der Waals surface area contributed by atoms with Crippen molar-refractivity contribution in [1.29, 1.82) is 0 Å². The minimum absolute atomic E-state index is 0.388. The van der Waals surface area contributed by atoms with E-state index < -0.39 is 29.6 Å². The molecule has 1 aliphatic heterocycles. The Hall–Kier alpha value is -3.10. The fourth-order valence-corrected chi connectivity index (χ4v) is 6.09. The number of hydrogen-bond acceptors (Lipinski definition) is 5. The number of ether oxygens (including phenoxy) is 3. The number of nitrogens with one attached hydrogen (secondary N) is 1. The molecule has 0 unspecified atom stereocenters. The minimum Gasteiger partial charge on any atom is -0.487 e. The predicted molar refractivity (Wildman–Crippen MR) is 147 cm³/mol. The van der Waals surface area contributed by atoms with Crippen molar-refractivity contribution >= 4 is 54.7 Å². The quantitative estimate of drug-likeness (QED) is 0.181. The molecule has 190 valence electrons. The van der Waals surface area contributed by atoms with Crippen molar-refractivity contribution in [2.75, 3.05) is 0 Å². The molecule has 4 aromatic rings. The van der Waals surface area contributed by atoms with Crippen molar-refractivity contribution in [3.8, 4) is 5.75 Å². The standard InChI is InChI=1S/C29H25Br2NO5/c1-16-8-10-17(11-9-16)15-35-26-21(30)12-18(13-22(26)31)24(20-14-32-23-7-5-4-6-19(20)23)25-27(33)36-29(2,3)37-28(25)34/h4-14,24-25,32H,15H2,1-3H3/t24-/m1/s1. The van der Waals surface area contributed by atoms with Crippen LogP contribution in [0.1, 0.15) is 42.0 Å². The molecule has 5 rings (SSSR count). The number of aromatic nitrogens is 1. The molecule has 2 heterocycles. The maximum atomic E-state index is 13.2. The summed E-state index contributed by atoms with van der Waals surface area (Å²) < 4.78 is 18.5. The van der Waals surface area contributed by atoms with Crippen LogP contribution in [0.2, 0.25) is 0 Å². The number of aryl methyl sites for hydroxylation is 1. The third kappa shape index (κ3) is 5.18. The van der Waals surface area contributed by atoms with Crippen LogP contribution in [0.15, 0.2) is 75.8 Å². The lowest BCUT2D eigenvalue weighted by Crippen LogP contribution is -2.48. The van der Waals surface area contributed by atoms with Crippen LogP contribution in [0.4, 0.5) is 0 Å². The molecule has 0 radical (unpaired) electrons. The Morgan fingerprint density at radius 2 is 1.59 bits per heavy atom. The summed E-state index contributed by atoms with van der Waals surface area (Å²) in [6.07, 6.45) is 1.83. The molecule has 1 atom stereocenters. The van der Waals surface area contributed by atoms with Crippen molar-refractivity contribution in [3.63, 3.8) is 0 Å². The van der Waals surface area contributed by atoms with E-state index in [2.05, 4.69) is 36.8 Å². The maximum Gasteiger partial charge on any atom is 0.324 e. The zero-order chi connectivity index (χ0) is 26.3. The third-order valence-electron chi connectivity index (χ3n) is 6.37. The monoisotopic (exact) mass is 625 g/mol. The number of esters is 2. The molecule has 8 heteroatoms. The number of fused-ring (bicyclic) bond motifs is 1. The summed E-state index contributed by atoms with van der Waals surface area (Å²) in [5.41, 5.74) is 4.64. The van der Waals surface area contributed by atoms with E-state index in [9.17, 15) is 9.59 Å². The first kappa shape index (κ1) is 25.5. The van der Waals surface area contributed by atoms with Crippen LogP contribution in [0.5, 0.6) is 5.75 Å². The van der Waals surface area contributed by atoms with Crippen molar-refractivity contribution in [2.45, 2.75) is 39.1 Å². The molecule has 3 aromatic carbocycles. The van der Waals surface area contributed by atoms with Gasteiger partial charge in [-0.3, -0.25) is 9.59 Å². The van der Waals surface area contributed by atoms with E-state index in [0.717, 1.165) is 27.6 Å². The maximum absolute atomic E-state index is 13.2. The first-order chi connectivity index (χ1) is 17.6. The van der Waals surface area contributed by atoms with E-state index in [1.165, 1.54) is 5.56 Å². The van der Waals surface area contributed by atoms with Crippen LogP contribution < -0.4 is 4.74 Å². The lowest BCUT2D eigenvalue weighted by atomic mass is 9.80. The second-order valence-corrected chi connectivity index (χ2v) is 11.3. The topological polar surface area (TPSA) is 77.6 Å². The molecular formula is C29H25Br2NO5. The first-order valence-corrected chi connectivity index (χ1v) is 13.4. The van der Waals surface area contributed by atoms with Gasteiger partial charge in [-0.25, -0.2) is 0 Å². The zero-order valence-electron chi connectivity index (χ0n) is 20.5. The summed E-state index contributed by atoms with van der Waals surface area (Å²) in [7, 11) is 0. The average molecular weight is 627 g/mol. The molecule has 0 saturated carbocycles. The largest absolute Gasteiger partial charge is 0.487 e. The molecule has 37 heavy (non-hydrogen) atoms. The van der Waals surface area contributed by atoms with Crippen molar-refractivity contribution in [1.82, 2.24) is 4.98 Å². The van der Waals surface area contributed by atoms with Crippen molar-refractivity contribution in [2.24, 2.45) is 5.92 Å². The SMILES string of the molecule is Cc1ccc(COc2c(Br)cc([C@H](c3c[nH]c4ccccc34)C3C(=O)OC(C)(C)OC3=O)cc2Br)cc1. The molecule has 0 amide bonds. The predicted octanol–water partition coefficient (Wildman–Crippen LogP) is 7.16. The number of cyclic esters (lactones) is 2. The Balaban J connectivity index is 1.56. The number of halogens is 2. The Morgan fingerprint density at radius 1 is 0.973 bits per heavy atom. The molecule has 1 aliphatic rings. The summed E-state index contributed by atoms with van der Waals surface area (Å²) in [6.45, 7) is 5.53. The molecule has 0 bridgehead atoms. The molecule has 6 nitrogen and oxygen atoms in total. The third-order valence-corrected chi connectivity index (χ3v) is 7.55. The van der Waals surface area contributed by atoms with Crippen LogP contribution in [0, 0.1) is 12.8 Å². The molecule has 1 saturated heterocycles. The number of carbonyl (C=O) groups is 2. The van der Waals surface area contributed by atoms with Crippen LogP contribution >= 0.6 is 31.9 Å². The van der Waals surface area contributed by atoms with Crippen molar-refractivity contribution in [3.05, 3.63) is 98.1 Å². The Kier molecular flexibility index (Phi) is 6.89. The summed E-state index contributed by atoms with van der Waals surface area (Å²) in [4.78, 5) is 29.7. The van der Waals surface area contributed by atoms with Crippen LogP contribution in [0.3, 0.4) is 0 Å². The lowest BCUT2D eigenvalue weighted by Gasteiger charge is -2.36. The van der Waals surface area contributed by atoms with Crippen LogP contribution in [-0.4, -0.2) is 22.7 Å². The van der Waals surface area contributed by atoms with Gasteiger partial charge in [-0.2, -0.15) is 0 Å².